The summed E-state index contributed by atoms with van der Waals surface area (Å²) in [5, 5.41) is 1.00. The van der Waals surface area contributed by atoms with Gasteiger partial charge in [0.2, 0.25) is 0 Å². The van der Waals surface area contributed by atoms with Crippen molar-refractivity contribution < 1.29 is 4.39 Å². The van der Waals surface area contributed by atoms with Crippen molar-refractivity contribution in [2.24, 2.45) is 0 Å². The van der Waals surface area contributed by atoms with Gasteiger partial charge >= 0.3 is 0 Å². The van der Waals surface area contributed by atoms with E-state index in [-0.39, 0.29) is 5.82 Å². The number of aryl methyl sites for hydroxylation is 1. The highest BCUT2D eigenvalue weighted by Crippen LogP contribution is 2.38. The molecule has 0 aliphatic heterocycles. The fraction of sp³-hybridized carbons (Fsp3) is 0.467. The van der Waals surface area contributed by atoms with E-state index >= 15 is 0 Å². The second-order valence-electron chi connectivity index (χ2n) is 5.53. The molecule has 1 aliphatic rings. The lowest BCUT2D eigenvalue weighted by Crippen LogP contribution is -2.44. The number of hydrogen-bond donors (Lipinski definition) is 0. The zero-order valence-electron chi connectivity index (χ0n) is 11.2. The Kier molecular flexibility index (Phi) is 2.67. The molecule has 0 N–H and O–H groups in total. The van der Waals surface area contributed by atoms with Crippen molar-refractivity contribution in [3.8, 4) is 0 Å². The van der Waals surface area contributed by atoms with Crippen molar-refractivity contribution in [1.29, 1.82) is 0 Å². The van der Waals surface area contributed by atoms with E-state index in [1.54, 1.807) is 0 Å². The van der Waals surface area contributed by atoms with E-state index in [2.05, 4.69) is 23.6 Å². The topological polar surface area (TPSA) is 8.17 Å². The van der Waals surface area contributed by atoms with E-state index in [0.29, 0.717) is 12.1 Å². The minimum atomic E-state index is -0.0677. The molecule has 1 fully saturated rings. The van der Waals surface area contributed by atoms with Gasteiger partial charge in [-0.25, -0.2) is 4.39 Å². The van der Waals surface area contributed by atoms with Crippen molar-refractivity contribution >= 4 is 10.9 Å². The number of fused-ring (bicyclic) bond motifs is 1. The standard InChI is InChI=1S/C15H19FN2/c1-10-4-5-11-8-9-18(15(11)14(10)16)13-7-6-12(13)17(2)3/h4-5,8-9,12-13H,6-7H2,1-3H3. The highest BCUT2D eigenvalue weighted by atomic mass is 19.1. The molecule has 1 saturated carbocycles. The van der Waals surface area contributed by atoms with Crippen LogP contribution in [0, 0.1) is 12.7 Å². The van der Waals surface area contributed by atoms with Gasteiger partial charge in [-0.2, -0.15) is 0 Å². The Balaban J connectivity index is 2.10. The Morgan fingerprint density at radius 3 is 2.61 bits per heavy atom. The smallest absolute Gasteiger partial charge is 0.150 e. The summed E-state index contributed by atoms with van der Waals surface area (Å²) in [5.41, 5.74) is 1.50. The van der Waals surface area contributed by atoms with Crippen LogP contribution in [0.5, 0.6) is 0 Å². The van der Waals surface area contributed by atoms with Crippen molar-refractivity contribution in [2.45, 2.75) is 31.8 Å². The maximum absolute atomic E-state index is 14.3. The maximum Gasteiger partial charge on any atom is 0.150 e. The van der Waals surface area contributed by atoms with Gasteiger partial charge in [-0.15, -0.1) is 0 Å². The quantitative estimate of drug-likeness (QED) is 0.789. The van der Waals surface area contributed by atoms with Crippen LogP contribution in [-0.2, 0) is 0 Å². The first-order chi connectivity index (χ1) is 8.59. The van der Waals surface area contributed by atoms with Gasteiger partial charge in [0.15, 0.2) is 0 Å². The van der Waals surface area contributed by atoms with Gasteiger partial charge in [-0.05, 0) is 45.5 Å². The molecule has 3 heteroatoms. The molecule has 0 spiro atoms. The van der Waals surface area contributed by atoms with Crippen LogP contribution in [0.15, 0.2) is 24.4 Å². The summed E-state index contributed by atoms with van der Waals surface area (Å²) in [4.78, 5) is 2.24. The van der Waals surface area contributed by atoms with Gasteiger partial charge in [0.05, 0.1) is 5.52 Å². The second kappa shape index (κ2) is 4.09. The third-order valence-corrected chi connectivity index (χ3v) is 4.24. The Bertz CT molecular complexity index is 585. The van der Waals surface area contributed by atoms with Crippen molar-refractivity contribution in [3.05, 3.63) is 35.8 Å². The Morgan fingerprint density at radius 1 is 1.22 bits per heavy atom. The molecule has 0 amide bonds. The highest BCUT2D eigenvalue weighted by molar-refractivity contribution is 5.81. The third-order valence-electron chi connectivity index (χ3n) is 4.24. The van der Waals surface area contributed by atoms with Crippen LogP contribution in [0.2, 0.25) is 0 Å². The first-order valence-electron chi connectivity index (χ1n) is 6.51. The fourth-order valence-corrected chi connectivity index (χ4v) is 2.98. The number of hydrogen-bond acceptors (Lipinski definition) is 1. The van der Waals surface area contributed by atoms with E-state index in [1.165, 1.54) is 6.42 Å². The zero-order valence-corrected chi connectivity index (χ0v) is 11.2. The van der Waals surface area contributed by atoms with Crippen LogP contribution in [-0.4, -0.2) is 29.6 Å². The molecule has 18 heavy (non-hydrogen) atoms. The van der Waals surface area contributed by atoms with Crippen molar-refractivity contribution in [2.75, 3.05) is 14.1 Å². The number of aromatic nitrogens is 1. The summed E-state index contributed by atoms with van der Waals surface area (Å²) >= 11 is 0. The largest absolute Gasteiger partial charge is 0.340 e. The predicted molar refractivity (Wildman–Crippen MR) is 72.4 cm³/mol. The van der Waals surface area contributed by atoms with E-state index in [9.17, 15) is 4.39 Å². The molecule has 1 aromatic carbocycles. The molecule has 2 atom stereocenters. The van der Waals surface area contributed by atoms with Crippen LogP contribution in [0.1, 0.15) is 24.4 Å². The van der Waals surface area contributed by atoms with Gasteiger partial charge in [-0.3, -0.25) is 0 Å². The zero-order chi connectivity index (χ0) is 12.9. The lowest BCUT2D eigenvalue weighted by molar-refractivity contribution is 0.116. The van der Waals surface area contributed by atoms with Crippen LogP contribution in [0.4, 0.5) is 4.39 Å². The molecule has 1 heterocycles. The Labute approximate surface area is 107 Å². The molecule has 1 aliphatic carbocycles. The summed E-state index contributed by atoms with van der Waals surface area (Å²) in [7, 11) is 4.20. The summed E-state index contributed by atoms with van der Waals surface area (Å²) in [6, 6.07) is 6.82. The fourth-order valence-electron chi connectivity index (χ4n) is 2.98. The first kappa shape index (κ1) is 11.7. The highest BCUT2D eigenvalue weighted by Gasteiger charge is 2.34. The number of halogens is 1. The predicted octanol–water partition coefficient (Wildman–Crippen LogP) is 3.35. The number of benzene rings is 1. The first-order valence-corrected chi connectivity index (χ1v) is 6.51. The van der Waals surface area contributed by atoms with E-state index in [4.69, 9.17) is 0 Å². The van der Waals surface area contributed by atoms with Crippen LogP contribution >= 0.6 is 0 Å². The monoisotopic (exact) mass is 246 g/mol. The van der Waals surface area contributed by atoms with Crippen molar-refractivity contribution in [1.82, 2.24) is 9.47 Å². The lowest BCUT2D eigenvalue weighted by Gasteiger charge is -2.42. The Morgan fingerprint density at radius 2 is 2.00 bits per heavy atom. The Hall–Kier alpha value is -1.35. The molecule has 1 aromatic heterocycles. The molecular weight excluding hydrogens is 227 g/mol. The summed E-state index contributed by atoms with van der Waals surface area (Å²) in [6.45, 7) is 1.83. The van der Waals surface area contributed by atoms with Crippen LogP contribution < -0.4 is 0 Å². The molecule has 2 aromatic rings. The van der Waals surface area contributed by atoms with Gasteiger partial charge in [0.1, 0.15) is 5.82 Å². The molecule has 0 saturated heterocycles. The maximum atomic E-state index is 14.3. The summed E-state index contributed by atoms with van der Waals surface area (Å²) < 4.78 is 16.4. The third kappa shape index (κ3) is 1.57. The number of likely N-dealkylation sites (N-methyl/N-ethyl adjacent to an activating group) is 1. The molecule has 2 nitrogen and oxygen atoms in total. The molecule has 0 radical (unpaired) electrons. The van der Waals surface area contributed by atoms with Gasteiger partial charge in [0.25, 0.3) is 0 Å². The normalized spacial score (nSPS) is 23.6. The molecule has 96 valence electrons. The van der Waals surface area contributed by atoms with E-state index in [0.717, 1.165) is 22.9 Å². The minimum Gasteiger partial charge on any atom is -0.340 e. The van der Waals surface area contributed by atoms with Crippen molar-refractivity contribution in [3.63, 3.8) is 0 Å². The number of rotatable bonds is 2. The van der Waals surface area contributed by atoms with Gasteiger partial charge in [0, 0.05) is 23.7 Å². The molecule has 2 unspecified atom stereocenters. The van der Waals surface area contributed by atoms with Gasteiger partial charge < -0.3 is 9.47 Å². The molecule has 0 bridgehead atoms. The minimum absolute atomic E-state index is 0.0677. The molecule has 3 rings (SSSR count). The van der Waals surface area contributed by atoms with Crippen LogP contribution in [0.3, 0.4) is 0 Å². The summed E-state index contributed by atoms with van der Waals surface area (Å²) in [5.74, 6) is -0.0677. The van der Waals surface area contributed by atoms with Crippen LogP contribution in [0.25, 0.3) is 10.9 Å². The van der Waals surface area contributed by atoms with E-state index < -0.39 is 0 Å². The SMILES string of the molecule is Cc1ccc2ccn(C3CCC3N(C)C)c2c1F. The second-order valence-corrected chi connectivity index (χ2v) is 5.53. The van der Waals surface area contributed by atoms with E-state index in [1.807, 2.05) is 31.3 Å². The molecular formula is C15H19FN2. The number of nitrogens with zero attached hydrogens (tertiary/aromatic N) is 2. The van der Waals surface area contributed by atoms with Gasteiger partial charge in [-0.1, -0.05) is 12.1 Å². The average molecular weight is 246 g/mol. The lowest BCUT2D eigenvalue weighted by atomic mass is 9.85. The summed E-state index contributed by atoms with van der Waals surface area (Å²) in [6.07, 6.45) is 4.37. The average Bonchev–Trinajstić information content (AvgIpc) is 2.66.